The fourth-order valence-electron chi connectivity index (χ4n) is 2.57. The number of nitrogens with zero attached hydrogens (tertiary/aromatic N) is 1. The molecule has 0 aliphatic rings. The standard InChI is InChI=1S/C17H16N2O3S/c1-3-19-12-8-9-23-15(12)14(20)13(17(19)22)16(21)18-11-7-5-4-6-10(11)2/h4-9,20H,3H2,1-2H3,(H,18,21). The summed E-state index contributed by atoms with van der Waals surface area (Å²) in [6.07, 6.45) is 0. The van der Waals surface area contributed by atoms with Crippen LogP contribution < -0.4 is 10.9 Å². The highest BCUT2D eigenvalue weighted by Gasteiger charge is 2.22. The fourth-order valence-corrected chi connectivity index (χ4v) is 3.41. The van der Waals surface area contributed by atoms with Crippen molar-refractivity contribution in [3.05, 3.63) is 57.2 Å². The van der Waals surface area contributed by atoms with Crippen LogP contribution in [0.1, 0.15) is 22.8 Å². The van der Waals surface area contributed by atoms with Crippen LogP contribution in [0.5, 0.6) is 5.75 Å². The third-order valence-corrected chi connectivity index (χ3v) is 4.69. The molecule has 0 atom stereocenters. The summed E-state index contributed by atoms with van der Waals surface area (Å²) in [5.74, 6) is -0.852. The van der Waals surface area contributed by atoms with E-state index in [0.717, 1.165) is 5.56 Å². The lowest BCUT2D eigenvalue weighted by atomic mass is 10.1. The molecule has 0 fully saturated rings. The average molecular weight is 328 g/mol. The molecule has 1 amide bonds. The highest BCUT2D eigenvalue weighted by atomic mass is 32.1. The van der Waals surface area contributed by atoms with E-state index in [0.29, 0.717) is 22.4 Å². The van der Waals surface area contributed by atoms with Crippen LogP contribution in [0.2, 0.25) is 0 Å². The lowest BCUT2D eigenvalue weighted by molar-refractivity contribution is 0.102. The topological polar surface area (TPSA) is 71.3 Å². The van der Waals surface area contributed by atoms with E-state index in [2.05, 4.69) is 5.32 Å². The number of aromatic hydroxyl groups is 1. The lowest BCUT2D eigenvalue weighted by Gasteiger charge is -2.12. The number of aryl methyl sites for hydroxylation is 2. The Balaban J connectivity index is 2.14. The van der Waals surface area contributed by atoms with Crippen molar-refractivity contribution in [1.29, 1.82) is 0 Å². The van der Waals surface area contributed by atoms with Gasteiger partial charge in [0, 0.05) is 12.2 Å². The molecule has 118 valence electrons. The molecule has 3 aromatic rings. The minimum Gasteiger partial charge on any atom is -0.505 e. The second kappa shape index (κ2) is 5.89. The van der Waals surface area contributed by atoms with Crippen molar-refractivity contribution in [3.63, 3.8) is 0 Å². The summed E-state index contributed by atoms with van der Waals surface area (Å²) >= 11 is 1.30. The van der Waals surface area contributed by atoms with Gasteiger partial charge in [-0.3, -0.25) is 9.59 Å². The number of hydrogen-bond acceptors (Lipinski definition) is 4. The van der Waals surface area contributed by atoms with E-state index in [4.69, 9.17) is 0 Å². The van der Waals surface area contributed by atoms with E-state index >= 15 is 0 Å². The van der Waals surface area contributed by atoms with Crippen LogP contribution in [-0.4, -0.2) is 15.6 Å². The third kappa shape index (κ3) is 2.51. The van der Waals surface area contributed by atoms with Gasteiger partial charge in [0.05, 0.1) is 10.2 Å². The quantitative estimate of drug-likeness (QED) is 0.774. The molecular formula is C17H16N2O3S. The largest absolute Gasteiger partial charge is 0.505 e. The Bertz CT molecular complexity index is 956. The Morgan fingerprint density at radius 2 is 2.04 bits per heavy atom. The average Bonchev–Trinajstić information content (AvgIpc) is 3.00. The molecule has 0 aliphatic carbocycles. The maximum Gasteiger partial charge on any atom is 0.267 e. The predicted octanol–water partition coefficient (Wildman–Crippen LogP) is 3.35. The molecule has 2 heterocycles. The van der Waals surface area contributed by atoms with Gasteiger partial charge in [0.15, 0.2) is 5.75 Å². The van der Waals surface area contributed by atoms with Gasteiger partial charge in [0.25, 0.3) is 11.5 Å². The van der Waals surface area contributed by atoms with Gasteiger partial charge in [-0.1, -0.05) is 18.2 Å². The first-order chi connectivity index (χ1) is 11.0. The van der Waals surface area contributed by atoms with Crippen molar-refractivity contribution in [3.8, 4) is 5.75 Å². The van der Waals surface area contributed by atoms with E-state index in [9.17, 15) is 14.7 Å². The molecule has 0 aliphatic heterocycles. The molecule has 23 heavy (non-hydrogen) atoms. The number of nitrogens with one attached hydrogen (secondary N) is 1. The number of hydrogen-bond donors (Lipinski definition) is 2. The van der Waals surface area contributed by atoms with Crippen molar-refractivity contribution >= 4 is 33.1 Å². The Morgan fingerprint density at radius 1 is 1.30 bits per heavy atom. The zero-order valence-electron chi connectivity index (χ0n) is 12.8. The Morgan fingerprint density at radius 3 is 2.74 bits per heavy atom. The van der Waals surface area contributed by atoms with Gasteiger partial charge in [0.2, 0.25) is 0 Å². The number of amides is 1. The Hall–Kier alpha value is -2.60. The van der Waals surface area contributed by atoms with Crippen LogP contribution in [0.25, 0.3) is 10.2 Å². The Kier molecular flexibility index (Phi) is 3.92. The maximum absolute atomic E-state index is 12.6. The monoisotopic (exact) mass is 328 g/mol. The number of aromatic nitrogens is 1. The summed E-state index contributed by atoms with van der Waals surface area (Å²) in [6.45, 7) is 4.12. The SMILES string of the molecule is CCn1c(=O)c(C(=O)Nc2ccccc2C)c(O)c2sccc21. The summed E-state index contributed by atoms with van der Waals surface area (Å²) in [6, 6.07) is 9.06. The van der Waals surface area contributed by atoms with Crippen molar-refractivity contribution < 1.29 is 9.90 Å². The van der Waals surface area contributed by atoms with Gasteiger partial charge < -0.3 is 15.0 Å². The molecule has 0 unspecified atom stereocenters. The second-order valence-corrected chi connectivity index (χ2v) is 6.09. The Labute approximate surface area is 136 Å². The number of carbonyl (C=O) groups excluding carboxylic acids is 1. The van der Waals surface area contributed by atoms with Crippen LogP contribution in [0, 0.1) is 6.92 Å². The van der Waals surface area contributed by atoms with Gasteiger partial charge in [-0.05, 0) is 36.9 Å². The van der Waals surface area contributed by atoms with Gasteiger partial charge in [-0.15, -0.1) is 11.3 Å². The number of pyridine rings is 1. The van der Waals surface area contributed by atoms with E-state index in [1.54, 1.807) is 23.6 Å². The van der Waals surface area contributed by atoms with Crippen LogP contribution in [0.15, 0.2) is 40.5 Å². The number of thiophene rings is 1. The number of fused-ring (bicyclic) bond motifs is 1. The van der Waals surface area contributed by atoms with Gasteiger partial charge in [-0.2, -0.15) is 0 Å². The van der Waals surface area contributed by atoms with Crippen LogP contribution >= 0.6 is 11.3 Å². The minimum absolute atomic E-state index is 0.218. The summed E-state index contributed by atoms with van der Waals surface area (Å²) in [5.41, 5.74) is 1.44. The molecule has 6 heteroatoms. The number of benzene rings is 1. The first-order valence-corrected chi connectivity index (χ1v) is 8.12. The lowest BCUT2D eigenvalue weighted by Crippen LogP contribution is -2.29. The number of rotatable bonds is 3. The number of carbonyl (C=O) groups is 1. The molecule has 0 bridgehead atoms. The number of anilines is 1. The molecule has 0 saturated heterocycles. The summed E-state index contributed by atoms with van der Waals surface area (Å²) in [7, 11) is 0. The highest BCUT2D eigenvalue weighted by Crippen LogP contribution is 2.31. The van der Waals surface area contributed by atoms with Gasteiger partial charge >= 0.3 is 0 Å². The van der Waals surface area contributed by atoms with Crippen molar-refractivity contribution in [1.82, 2.24) is 4.57 Å². The fraction of sp³-hybridized carbons (Fsp3) is 0.176. The van der Waals surface area contributed by atoms with E-state index in [-0.39, 0.29) is 11.3 Å². The molecule has 2 N–H and O–H groups in total. The zero-order valence-corrected chi connectivity index (χ0v) is 13.6. The first-order valence-electron chi connectivity index (χ1n) is 7.24. The molecule has 0 spiro atoms. The molecule has 5 nitrogen and oxygen atoms in total. The molecule has 3 rings (SSSR count). The predicted molar refractivity (Wildman–Crippen MR) is 92.6 cm³/mol. The van der Waals surface area contributed by atoms with E-state index in [1.165, 1.54) is 15.9 Å². The molecular weight excluding hydrogens is 312 g/mol. The van der Waals surface area contributed by atoms with Gasteiger partial charge in [0.1, 0.15) is 5.56 Å². The summed E-state index contributed by atoms with van der Waals surface area (Å²) < 4.78 is 2.04. The zero-order chi connectivity index (χ0) is 16.6. The second-order valence-electron chi connectivity index (χ2n) is 5.18. The highest BCUT2D eigenvalue weighted by molar-refractivity contribution is 7.17. The molecule has 0 radical (unpaired) electrons. The van der Waals surface area contributed by atoms with E-state index < -0.39 is 11.5 Å². The summed E-state index contributed by atoms with van der Waals surface area (Å²) in [4.78, 5) is 25.2. The molecule has 0 saturated carbocycles. The first kappa shape index (κ1) is 15.3. The normalized spacial score (nSPS) is 10.9. The maximum atomic E-state index is 12.6. The van der Waals surface area contributed by atoms with Gasteiger partial charge in [-0.25, -0.2) is 0 Å². The summed E-state index contributed by atoms with van der Waals surface area (Å²) in [5, 5.41) is 14.9. The number of para-hydroxylation sites is 1. The van der Waals surface area contributed by atoms with Crippen molar-refractivity contribution in [2.75, 3.05) is 5.32 Å². The molecule has 2 aromatic heterocycles. The van der Waals surface area contributed by atoms with Crippen molar-refractivity contribution in [2.24, 2.45) is 0 Å². The van der Waals surface area contributed by atoms with Crippen LogP contribution in [0.4, 0.5) is 5.69 Å². The van der Waals surface area contributed by atoms with Crippen LogP contribution in [-0.2, 0) is 6.54 Å². The van der Waals surface area contributed by atoms with E-state index in [1.807, 2.05) is 26.0 Å². The van der Waals surface area contributed by atoms with Crippen molar-refractivity contribution in [2.45, 2.75) is 20.4 Å². The minimum atomic E-state index is -0.598. The third-order valence-electron chi connectivity index (χ3n) is 3.78. The molecule has 1 aromatic carbocycles. The smallest absolute Gasteiger partial charge is 0.267 e. The van der Waals surface area contributed by atoms with Crippen LogP contribution in [0.3, 0.4) is 0 Å².